The summed E-state index contributed by atoms with van der Waals surface area (Å²) in [6.45, 7) is 4.73. The van der Waals surface area contributed by atoms with E-state index in [1.807, 2.05) is 31.2 Å². The molecule has 0 bridgehead atoms. The fraction of sp³-hybridized carbons (Fsp3) is 0.286. The van der Waals surface area contributed by atoms with Crippen molar-refractivity contribution in [2.75, 3.05) is 11.9 Å². The molecular weight excluding hydrogens is 214 g/mol. The second kappa shape index (κ2) is 3.84. The Kier molecular flexibility index (Phi) is 2.32. The van der Waals surface area contributed by atoms with Gasteiger partial charge < -0.3 is 14.5 Å². The summed E-state index contributed by atoms with van der Waals surface area (Å²) in [5.74, 6) is 2.72. The molecule has 0 saturated carbocycles. The van der Waals surface area contributed by atoms with Crippen LogP contribution in [-0.2, 0) is 0 Å². The first-order valence-electron chi connectivity index (χ1n) is 5.80. The van der Waals surface area contributed by atoms with Crippen molar-refractivity contribution in [2.45, 2.75) is 20.0 Å². The molecule has 1 aromatic carbocycles. The number of ether oxygens (including phenoxy) is 1. The van der Waals surface area contributed by atoms with E-state index in [-0.39, 0.29) is 6.10 Å². The lowest BCUT2D eigenvalue weighted by atomic mass is 10.1. The molecule has 0 spiro atoms. The van der Waals surface area contributed by atoms with Crippen LogP contribution < -0.4 is 10.1 Å². The van der Waals surface area contributed by atoms with Gasteiger partial charge in [0.05, 0.1) is 12.2 Å². The molecule has 0 fully saturated rings. The third-order valence-corrected chi connectivity index (χ3v) is 3.03. The molecule has 0 saturated heterocycles. The Morgan fingerprint density at radius 3 is 2.82 bits per heavy atom. The molecule has 0 radical (unpaired) electrons. The van der Waals surface area contributed by atoms with Gasteiger partial charge in [-0.2, -0.15) is 0 Å². The van der Waals surface area contributed by atoms with Crippen LogP contribution in [0, 0.1) is 13.8 Å². The molecule has 2 heterocycles. The number of hydrogen-bond acceptors (Lipinski definition) is 3. The van der Waals surface area contributed by atoms with Crippen LogP contribution in [0.1, 0.15) is 23.2 Å². The second-order valence-electron chi connectivity index (χ2n) is 4.39. The summed E-state index contributed by atoms with van der Waals surface area (Å²) >= 11 is 0. The number of nitrogens with one attached hydrogen (secondary N) is 1. The monoisotopic (exact) mass is 229 g/mol. The Labute approximate surface area is 100 Å². The molecule has 2 aromatic rings. The van der Waals surface area contributed by atoms with Crippen molar-refractivity contribution >= 4 is 5.69 Å². The molecule has 1 aliphatic heterocycles. The Morgan fingerprint density at radius 2 is 2.06 bits per heavy atom. The van der Waals surface area contributed by atoms with Crippen LogP contribution in [-0.4, -0.2) is 6.54 Å². The third kappa shape index (κ3) is 1.78. The van der Waals surface area contributed by atoms with E-state index in [0.717, 1.165) is 35.1 Å². The summed E-state index contributed by atoms with van der Waals surface area (Å²) in [5.41, 5.74) is 2.20. The molecule has 17 heavy (non-hydrogen) atoms. The van der Waals surface area contributed by atoms with Gasteiger partial charge in [-0.3, -0.25) is 0 Å². The number of hydrogen-bond donors (Lipinski definition) is 1. The van der Waals surface area contributed by atoms with E-state index in [2.05, 4.69) is 18.3 Å². The van der Waals surface area contributed by atoms with E-state index in [1.54, 1.807) is 0 Å². The van der Waals surface area contributed by atoms with Gasteiger partial charge in [0.25, 0.3) is 0 Å². The summed E-state index contributed by atoms with van der Waals surface area (Å²) in [4.78, 5) is 0. The molecule has 3 nitrogen and oxygen atoms in total. The average molecular weight is 229 g/mol. The number of rotatable bonds is 1. The van der Waals surface area contributed by atoms with Crippen molar-refractivity contribution in [2.24, 2.45) is 0 Å². The number of aryl methyl sites for hydroxylation is 2. The van der Waals surface area contributed by atoms with Crippen molar-refractivity contribution in [3.63, 3.8) is 0 Å². The molecule has 3 heteroatoms. The van der Waals surface area contributed by atoms with Crippen LogP contribution >= 0.6 is 0 Å². The Balaban J connectivity index is 1.92. The van der Waals surface area contributed by atoms with Crippen LogP contribution in [0.3, 0.4) is 0 Å². The minimum absolute atomic E-state index is 0.0442. The normalized spacial score (nSPS) is 18.1. The zero-order valence-electron chi connectivity index (χ0n) is 9.99. The van der Waals surface area contributed by atoms with Crippen molar-refractivity contribution in [1.29, 1.82) is 0 Å². The fourth-order valence-corrected chi connectivity index (χ4v) is 2.12. The van der Waals surface area contributed by atoms with Gasteiger partial charge in [-0.05, 0) is 37.6 Å². The number of fused-ring (bicyclic) bond motifs is 1. The van der Waals surface area contributed by atoms with E-state index < -0.39 is 0 Å². The molecule has 1 unspecified atom stereocenters. The Hall–Kier alpha value is -1.90. The van der Waals surface area contributed by atoms with E-state index in [0.29, 0.717) is 0 Å². The van der Waals surface area contributed by atoms with Crippen molar-refractivity contribution in [3.05, 3.63) is 47.4 Å². The van der Waals surface area contributed by atoms with Crippen LogP contribution in [0.4, 0.5) is 5.69 Å². The predicted octanol–water partition coefficient (Wildman–Crippen LogP) is 3.44. The topological polar surface area (TPSA) is 34.4 Å². The number of benzene rings is 1. The lowest BCUT2D eigenvalue weighted by Crippen LogP contribution is -2.23. The summed E-state index contributed by atoms with van der Waals surface area (Å²) in [6.07, 6.45) is -0.0442. The van der Waals surface area contributed by atoms with E-state index >= 15 is 0 Å². The smallest absolute Gasteiger partial charge is 0.173 e. The molecule has 1 N–H and O–H groups in total. The quantitative estimate of drug-likeness (QED) is 0.813. The lowest BCUT2D eigenvalue weighted by molar-refractivity contribution is 0.178. The molecule has 3 rings (SSSR count). The highest BCUT2D eigenvalue weighted by Crippen LogP contribution is 2.36. The zero-order valence-corrected chi connectivity index (χ0v) is 9.99. The zero-order chi connectivity index (χ0) is 11.8. The molecule has 88 valence electrons. The average Bonchev–Trinajstić information content (AvgIpc) is 2.76. The first-order valence-corrected chi connectivity index (χ1v) is 5.80. The van der Waals surface area contributed by atoms with E-state index in [1.165, 1.54) is 0 Å². The van der Waals surface area contributed by atoms with E-state index in [9.17, 15) is 0 Å². The molecular formula is C14H15NO2. The number of furan rings is 1. The maximum atomic E-state index is 6.01. The SMILES string of the molecule is Cc1ccc(C2CNc3cccc(C)c3O2)o1. The fourth-order valence-electron chi connectivity index (χ4n) is 2.12. The minimum atomic E-state index is -0.0442. The summed E-state index contributed by atoms with van der Waals surface area (Å²) in [6, 6.07) is 10.1. The third-order valence-electron chi connectivity index (χ3n) is 3.03. The highest BCUT2D eigenvalue weighted by atomic mass is 16.5. The van der Waals surface area contributed by atoms with Gasteiger partial charge in [-0.1, -0.05) is 12.1 Å². The van der Waals surface area contributed by atoms with Gasteiger partial charge in [-0.25, -0.2) is 0 Å². The van der Waals surface area contributed by atoms with Crippen LogP contribution in [0.5, 0.6) is 5.75 Å². The summed E-state index contributed by atoms with van der Waals surface area (Å²) in [7, 11) is 0. The van der Waals surface area contributed by atoms with E-state index in [4.69, 9.17) is 9.15 Å². The molecule has 0 aliphatic carbocycles. The van der Waals surface area contributed by atoms with Crippen LogP contribution in [0.15, 0.2) is 34.7 Å². The first-order chi connectivity index (χ1) is 8.24. The second-order valence-corrected chi connectivity index (χ2v) is 4.39. The maximum Gasteiger partial charge on any atom is 0.173 e. The molecule has 1 aromatic heterocycles. The van der Waals surface area contributed by atoms with Crippen molar-refractivity contribution in [1.82, 2.24) is 0 Å². The number of anilines is 1. The highest BCUT2D eigenvalue weighted by molar-refractivity contribution is 5.61. The minimum Gasteiger partial charge on any atom is -0.478 e. The van der Waals surface area contributed by atoms with Gasteiger partial charge in [0.15, 0.2) is 6.10 Å². The molecule has 1 atom stereocenters. The summed E-state index contributed by atoms with van der Waals surface area (Å²) in [5, 5.41) is 3.38. The lowest BCUT2D eigenvalue weighted by Gasteiger charge is -2.27. The number of para-hydroxylation sites is 1. The van der Waals surface area contributed by atoms with Gasteiger partial charge in [0.1, 0.15) is 17.3 Å². The highest BCUT2D eigenvalue weighted by Gasteiger charge is 2.24. The van der Waals surface area contributed by atoms with Gasteiger partial charge in [0, 0.05) is 0 Å². The van der Waals surface area contributed by atoms with Gasteiger partial charge in [-0.15, -0.1) is 0 Å². The Morgan fingerprint density at radius 1 is 1.18 bits per heavy atom. The van der Waals surface area contributed by atoms with Crippen molar-refractivity contribution in [3.8, 4) is 5.75 Å². The first kappa shape index (κ1) is 10.3. The van der Waals surface area contributed by atoms with Gasteiger partial charge in [0.2, 0.25) is 0 Å². The Bertz CT molecular complexity index is 545. The van der Waals surface area contributed by atoms with Crippen molar-refractivity contribution < 1.29 is 9.15 Å². The molecule has 1 aliphatic rings. The van der Waals surface area contributed by atoms with Crippen LogP contribution in [0.25, 0.3) is 0 Å². The largest absolute Gasteiger partial charge is 0.478 e. The van der Waals surface area contributed by atoms with Crippen LogP contribution in [0.2, 0.25) is 0 Å². The predicted molar refractivity (Wildman–Crippen MR) is 66.5 cm³/mol. The molecule has 0 amide bonds. The van der Waals surface area contributed by atoms with Gasteiger partial charge >= 0.3 is 0 Å². The maximum absolute atomic E-state index is 6.01. The summed E-state index contributed by atoms with van der Waals surface area (Å²) < 4.78 is 11.6. The standard InChI is InChI=1S/C14H15NO2/c1-9-4-3-5-11-14(9)17-13(8-15-11)12-7-6-10(2)16-12/h3-7,13,15H,8H2,1-2H3.